The van der Waals surface area contributed by atoms with Crippen molar-refractivity contribution in [3.63, 3.8) is 0 Å². The maximum absolute atomic E-state index is 11.7. The van der Waals surface area contributed by atoms with Crippen molar-refractivity contribution >= 4 is 5.78 Å². The van der Waals surface area contributed by atoms with E-state index < -0.39 is 0 Å². The molecule has 0 aromatic heterocycles. The summed E-state index contributed by atoms with van der Waals surface area (Å²) in [6.45, 7) is 4.38. The van der Waals surface area contributed by atoms with E-state index in [4.69, 9.17) is 5.11 Å². The first-order valence-electron chi connectivity index (χ1n) is 4.85. The molecule has 82 valence electrons. The van der Waals surface area contributed by atoms with Gasteiger partial charge in [-0.1, -0.05) is 6.92 Å². The molecule has 1 unspecified atom stereocenters. The van der Waals surface area contributed by atoms with Gasteiger partial charge >= 0.3 is 0 Å². The predicted octanol–water partition coefficient (Wildman–Crippen LogP) is 1.28. The lowest BCUT2D eigenvalue weighted by molar-refractivity contribution is 0.0951. The molecule has 1 atom stereocenters. The Morgan fingerprint density at radius 3 is 2.60 bits per heavy atom. The van der Waals surface area contributed by atoms with E-state index in [1.54, 1.807) is 6.92 Å². The molecule has 0 saturated heterocycles. The second-order valence-corrected chi connectivity index (χ2v) is 3.35. The molecule has 0 heterocycles. The van der Waals surface area contributed by atoms with E-state index in [-0.39, 0.29) is 23.3 Å². The van der Waals surface area contributed by atoms with Crippen LogP contribution in [0, 0.1) is 0 Å². The predicted molar refractivity (Wildman–Crippen MR) is 57.2 cm³/mol. The van der Waals surface area contributed by atoms with E-state index in [0.29, 0.717) is 12.1 Å². The van der Waals surface area contributed by atoms with Crippen LogP contribution in [-0.2, 0) is 0 Å². The van der Waals surface area contributed by atoms with E-state index in [2.05, 4.69) is 5.32 Å². The van der Waals surface area contributed by atoms with Crippen LogP contribution in [0.1, 0.15) is 24.2 Å². The molecular weight excluding hydrogens is 194 g/mol. The first-order chi connectivity index (χ1) is 7.06. The Balaban J connectivity index is 2.87. The summed E-state index contributed by atoms with van der Waals surface area (Å²) in [5.74, 6) is -0.598. The number of aromatic hydroxyl groups is 2. The fourth-order valence-electron chi connectivity index (χ4n) is 1.33. The molecule has 4 nitrogen and oxygen atoms in total. The quantitative estimate of drug-likeness (QED) is 0.516. The molecule has 15 heavy (non-hydrogen) atoms. The zero-order chi connectivity index (χ0) is 11.4. The molecule has 1 aromatic rings. The number of rotatable bonds is 4. The number of hydrogen-bond donors (Lipinski definition) is 3. The number of hydrogen-bond acceptors (Lipinski definition) is 4. The second-order valence-electron chi connectivity index (χ2n) is 3.35. The van der Waals surface area contributed by atoms with Crippen molar-refractivity contribution in [3.8, 4) is 11.5 Å². The Labute approximate surface area is 88.6 Å². The smallest absolute Gasteiger partial charge is 0.179 e. The van der Waals surface area contributed by atoms with Crippen molar-refractivity contribution < 1.29 is 15.0 Å². The maximum Gasteiger partial charge on any atom is 0.179 e. The summed E-state index contributed by atoms with van der Waals surface area (Å²) in [5.41, 5.74) is 0.388. The Morgan fingerprint density at radius 1 is 1.40 bits per heavy atom. The monoisotopic (exact) mass is 209 g/mol. The Kier molecular flexibility index (Phi) is 3.68. The summed E-state index contributed by atoms with van der Waals surface area (Å²) in [7, 11) is 0. The highest BCUT2D eigenvalue weighted by atomic mass is 16.3. The standard InChI is InChI=1S/C11H15NO3/c1-3-12-7(2)11(15)8-4-5-9(13)10(14)6-8/h4-7,12-14H,3H2,1-2H3. The number of ketones is 1. The topological polar surface area (TPSA) is 69.6 Å². The van der Waals surface area contributed by atoms with Gasteiger partial charge in [-0.25, -0.2) is 0 Å². The average molecular weight is 209 g/mol. The normalized spacial score (nSPS) is 12.4. The molecule has 0 fully saturated rings. The number of likely N-dealkylation sites (N-methyl/N-ethyl adjacent to an activating group) is 1. The molecule has 1 aromatic carbocycles. The highest BCUT2D eigenvalue weighted by Crippen LogP contribution is 2.25. The van der Waals surface area contributed by atoms with Crippen molar-refractivity contribution in [2.24, 2.45) is 0 Å². The van der Waals surface area contributed by atoms with Crippen molar-refractivity contribution in [1.82, 2.24) is 5.32 Å². The number of benzene rings is 1. The van der Waals surface area contributed by atoms with Gasteiger partial charge < -0.3 is 15.5 Å². The summed E-state index contributed by atoms with van der Waals surface area (Å²) in [6, 6.07) is 3.77. The molecule has 0 amide bonds. The average Bonchev–Trinajstić information content (AvgIpc) is 2.21. The van der Waals surface area contributed by atoms with Crippen LogP contribution in [0.3, 0.4) is 0 Å². The van der Waals surface area contributed by atoms with Crippen LogP contribution in [0.4, 0.5) is 0 Å². The van der Waals surface area contributed by atoms with Crippen LogP contribution >= 0.6 is 0 Å². The van der Waals surface area contributed by atoms with Gasteiger partial charge in [0.1, 0.15) is 0 Å². The molecule has 0 spiro atoms. The van der Waals surface area contributed by atoms with Gasteiger partial charge in [-0.2, -0.15) is 0 Å². The zero-order valence-electron chi connectivity index (χ0n) is 8.82. The van der Waals surface area contributed by atoms with Crippen LogP contribution in [-0.4, -0.2) is 28.6 Å². The van der Waals surface area contributed by atoms with Gasteiger partial charge in [0.2, 0.25) is 0 Å². The largest absolute Gasteiger partial charge is 0.504 e. The van der Waals surface area contributed by atoms with Gasteiger partial charge in [-0.05, 0) is 31.7 Å². The minimum atomic E-state index is -0.293. The third-order valence-electron chi connectivity index (χ3n) is 2.16. The van der Waals surface area contributed by atoms with Crippen molar-refractivity contribution in [2.75, 3.05) is 6.54 Å². The van der Waals surface area contributed by atoms with Crippen LogP contribution in [0.2, 0.25) is 0 Å². The number of carbonyl (C=O) groups is 1. The van der Waals surface area contributed by atoms with Crippen molar-refractivity contribution in [2.45, 2.75) is 19.9 Å². The molecule has 0 radical (unpaired) electrons. The third kappa shape index (κ3) is 2.70. The molecule has 0 aliphatic rings. The zero-order valence-corrected chi connectivity index (χ0v) is 8.82. The highest BCUT2D eigenvalue weighted by Gasteiger charge is 2.15. The molecular formula is C11H15NO3. The minimum absolute atomic E-state index is 0.104. The summed E-state index contributed by atoms with van der Waals surface area (Å²) in [6.07, 6.45) is 0. The SMILES string of the molecule is CCNC(C)C(=O)c1ccc(O)c(O)c1. The Morgan fingerprint density at radius 2 is 2.07 bits per heavy atom. The summed E-state index contributed by atoms with van der Waals surface area (Å²) in [4.78, 5) is 11.7. The van der Waals surface area contributed by atoms with Gasteiger partial charge in [0.05, 0.1) is 6.04 Å². The van der Waals surface area contributed by atoms with Gasteiger partial charge in [0.15, 0.2) is 17.3 Å². The van der Waals surface area contributed by atoms with E-state index in [1.807, 2.05) is 6.92 Å². The van der Waals surface area contributed by atoms with Crippen molar-refractivity contribution in [1.29, 1.82) is 0 Å². The van der Waals surface area contributed by atoms with Crippen LogP contribution < -0.4 is 5.32 Å². The fraction of sp³-hybridized carbons (Fsp3) is 0.364. The Bertz CT molecular complexity index is 363. The van der Waals surface area contributed by atoms with Crippen LogP contribution in [0.25, 0.3) is 0 Å². The van der Waals surface area contributed by atoms with Gasteiger partial charge in [0, 0.05) is 5.56 Å². The number of nitrogens with one attached hydrogen (secondary N) is 1. The lowest BCUT2D eigenvalue weighted by Crippen LogP contribution is -2.33. The fourth-order valence-corrected chi connectivity index (χ4v) is 1.33. The number of phenolic OH excluding ortho intramolecular Hbond substituents is 2. The molecule has 0 aliphatic carbocycles. The first-order valence-corrected chi connectivity index (χ1v) is 4.85. The minimum Gasteiger partial charge on any atom is -0.504 e. The third-order valence-corrected chi connectivity index (χ3v) is 2.16. The van der Waals surface area contributed by atoms with Gasteiger partial charge in [-0.3, -0.25) is 4.79 Å². The number of carbonyl (C=O) groups excluding carboxylic acids is 1. The second kappa shape index (κ2) is 4.79. The lowest BCUT2D eigenvalue weighted by Gasteiger charge is -2.11. The van der Waals surface area contributed by atoms with E-state index in [1.165, 1.54) is 18.2 Å². The Hall–Kier alpha value is -1.55. The van der Waals surface area contributed by atoms with Crippen LogP contribution in [0.15, 0.2) is 18.2 Å². The molecule has 1 rings (SSSR count). The molecule has 3 N–H and O–H groups in total. The van der Waals surface area contributed by atoms with E-state index >= 15 is 0 Å². The molecule has 0 bridgehead atoms. The lowest BCUT2D eigenvalue weighted by atomic mass is 10.0. The summed E-state index contributed by atoms with van der Waals surface area (Å²) < 4.78 is 0. The molecule has 0 aliphatic heterocycles. The first kappa shape index (κ1) is 11.5. The summed E-state index contributed by atoms with van der Waals surface area (Å²) in [5, 5.41) is 21.3. The number of Topliss-reactive ketones (excluding diaryl/α,β-unsaturated/α-hetero) is 1. The van der Waals surface area contributed by atoms with Gasteiger partial charge in [0.25, 0.3) is 0 Å². The highest BCUT2D eigenvalue weighted by molar-refractivity contribution is 6.00. The molecule has 4 heteroatoms. The van der Waals surface area contributed by atoms with Gasteiger partial charge in [-0.15, -0.1) is 0 Å². The maximum atomic E-state index is 11.7. The van der Waals surface area contributed by atoms with E-state index in [0.717, 1.165) is 0 Å². The van der Waals surface area contributed by atoms with E-state index in [9.17, 15) is 9.90 Å². The van der Waals surface area contributed by atoms with Crippen molar-refractivity contribution in [3.05, 3.63) is 23.8 Å². The summed E-state index contributed by atoms with van der Waals surface area (Å²) >= 11 is 0. The van der Waals surface area contributed by atoms with Crippen LogP contribution in [0.5, 0.6) is 11.5 Å². The molecule has 0 saturated carbocycles. The number of phenols is 2.